The van der Waals surface area contributed by atoms with E-state index in [1.165, 1.54) is 24.0 Å². The highest BCUT2D eigenvalue weighted by molar-refractivity contribution is 5.92. The molecule has 0 radical (unpaired) electrons. The summed E-state index contributed by atoms with van der Waals surface area (Å²) in [5.74, 6) is -1.50. The average molecular weight is 551 g/mol. The van der Waals surface area contributed by atoms with E-state index >= 15 is 0 Å². The van der Waals surface area contributed by atoms with E-state index in [0.29, 0.717) is 5.56 Å². The summed E-state index contributed by atoms with van der Waals surface area (Å²) in [6, 6.07) is 6.62. The van der Waals surface area contributed by atoms with E-state index in [9.17, 15) is 30.0 Å². The largest absolute Gasteiger partial charge is 0.479 e. The normalized spacial score (nSPS) is 27.9. The Hall–Kier alpha value is -3.10. The highest BCUT2D eigenvalue weighted by atomic mass is 16.6. The van der Waals surface area contributed by atoms with Gasteiger partial charge in [-0.2, -0.15) is 0 Å². The van der Waals surface area contributed by atoms with Gasteiger partial charge in [0.1, 0.15) is 24.4 Å². The number of aliphatic carboxylic acids is 1. The maximum absolute atomic E-state index is 12.6. The number of carbonyl (C=O) groups is 2. The van der Waals surface area contributed by atoms with Crippen LogP contribution in [0.15, 0.2) is 83.0 Å². The Balaban J connectivity index is 1.58. The number of benzene rings is 1. The molecular weight excluding hydrogens is 508 g/mol. The number of ether oxygens (including phenoxy) is 1. The summed E-state index contributed by atoms with van der Waals surface area (Å²) in [5.41, 5.74) is 6.22. The average Bonchev–Trinajstić information content (AvgIpc) is 2.87. The number of carboxylic acids is 1. The summed E-state index contributed by atoms with van der Waals surface area (Å²) in [7, 11) is 0. The second-order valence-corrected chi connectivity index (χ2v) is 11.6. The van der Waals surface area contributed by atoms with Crippen molar-refractivity contribution in [2.24, 2.45) is 5.41 Å². The molecule has 40 heavy (non-hydrogen) atoms. The standard InChI is InChI=1S/C33H42O7/c1-20(11-16-26-22(3)10-7-17-33(26,4)5)8-6-9-21(2)18-25(34)19-23-12-14-24(15-13-23)30-28(36)27(35)29(37)31(40-30)32(38)39/h6,8-9,11-16,18,27-31,35-37H,7,10,17,19H2,1-5H3,(H,38,39)/b9-6+,16-11+,20-8+,21-18+/t27-,28-,29+,30+,31+/m1/s1. The number of ketones is 1. The molecule has 1 aliphatic heterocycles. The summed E-state index contributed by atoms with van der Waals surface area (Å²) in [6.07, 6.45) is 7.92. The SMILES string of the molecule is CC1=C(/C=C/C(C)=C/C=C/C(C)=C/C(=O)Cc2ccc([C@@H]3O[C@H](C(=O)O)[C@@H](O)[C@H](O)[C@H]3O)cc2)C(C)(C)CCC1. The van der Waals surface area contributed by atoms with Crippen LogP contribution in [-0.4, -0.2) is 56.6 Å². The van der Waals surface area contributed by atoms with Crippen molar-refractivity contribution in [3.63, 3.8) is 0 Å². The van der Waals surface area contributed by atoms with Crippen LogP contribution in [0.2, 0.25) is 0 Å². The van der Waals surface area contributed by atoms with Crippen LogP contribution in [-0.2, 0) is 20.7 Å². The molecule has 1 fully saturated rings. The van der Waals surface area contributed by atoms with Gasteiger partial charge in [-0.25, -0.2) is 4.79 Å². The summed E-state index contributed by atoms with van der Waals surface area (Å²) >= 11 is 0. The van der Waals surface area contributed by atoms with E-state index in [4.69, 9.17) is 4.74 Å². The topological polar surface area (TPSA) is 124 Å². The van der Waals surface area contributed by atoms with Crippen molar-refractivity contribution >= 4 is 11.8 Å². The van der Waals surface area contributed by atoms with E-state index in [1.807, 2.05) is 25.2 Å². The number of carbonyl (C=O) groups excluding carboxylic acids is 1. The zero-order valence-corrected chi connectivity index (χ0v) is 24.0. The lowest BCUT2D eigenvalue weighted by Crippen LogP contribution is -2.56. The first-order valence-electron chi connectivity index (χ1n) is 13.8. The molecule has 0 unspecified atom stereocenters. The first kappa shape index (κ1) is 31.4. The molecule has 0 bridgehead atoms. The molecule has 7 nitrogen and oxygen atoms in total. The Bertz CT molecular complexity index is 1230. The lowest BCUT2D eigenvalue weighted by atomic mass is 9.72. The third kappa shape index (κ3) is 7.98. The summed E-state index contributed by atoms with van der Waals surface area (Å²) in [4.78, 5) is 23.9. The number of rotatable bonds is 9. The molecule has 0 amide bonds. The minimum atomic E-state index is -1.74. The van der Waals surface area contributed by atoms with Gasteiger partial charge in [-0.1, -0.05) is 79.6 Å². The molecule has 0 saturated carbocycles. The van der Waals surface area contributed by atoms with Gasteiger partial charge in [0.15, 0.2) is 11.9 Å². The van der Waals surface area contributed by atoms with Crippen molar-refractivity contribution in [2.75, 3.05) is 0 Å². The number of carboxylic acid groups (broad SMARTS) is 1. The number of hydrogen-bond acceptors (Lipinski definition) is 6. The Labute approximate surface area is 236 Å². The molecule has 0 aromatic heterocycles. The molecule has 4 N–H and O–H groups in total. The highest BCUT2D eigenvalue weighted by Crippen LogP contribution is 2.40. The molecule has 216 valence electrons. The molecular formula is C33H42O7. The molecule has 5 atom stereocenters. The van der Waals surface area contributed by atoms with Crippen molar-refractivity contribution in [3.05, 3.63) is 94.1 Å². The van der Waals surface area contributed by atoms with Crippen LogP contribution in [0.1, 0.15) is 71.1 Å². The second kappa shape index (κ2) is 13.5. The molecule has 2 aliphatic rings. The van der Waals surface area contributed by atoms with Gasteiger partial charge in [0.2, 0.25) is 0 Å². The third-order valence-corrected chi connectivity index (χ3v) is 7.71. The van der Waals surface area contributed by atoms with Gasteiger partial charge in [0.25, 0.3) is 0 Å². The maximum atomic E-state index is 12.6. The van der Waals surface area contributed by atoms with Crippen molar-refractivity contribution in [2.45, 2.75) is 90.8 Å². The summed E-state index contributed by atoms with van der Waals surface area (Å²) < 4.78 is 5.36. The van der Waals surface area contributed by atoms with E-state index in [0.717, 1.165) is 23.1 Å². The van der Waals surface area contributed by atoms with Crippen LogP contribution < -0.4 is 0 Å². The highest BCUT2D eigenvalue weighted by Gasteiger charge is 2.47. The van der Waals surface area contributed by atoms with Gasteiger partial charge in [0.05, 0.1) is 0 Å². The fourth-order valence-electron chi connectivity index (χ4n) is 5.37. The van der Waals surface area contributed by atoms with Gasteiger partial charge in [-0.05, 0) is 73.8 Å². The predicted octanol–water partition coefficient (Wildman–Crippen LogP) is 4.94. The van der Waals surface area contributed by atoms with E-state index < -0.39 is 36.5 Å². The molecule has 7 heteroatoms. The number of aliphatic hydroxyl groups excluding tert-OH is 3. The Morgan fingerprint density at radius 2 is 1.68 bits per heavy atom. The van der Waals surface area contributed by atoms with Crippen molar-refractivity contribution in [1.82, 2.24) is 0 Å². The first-order valence-corrected chi connectivity index (χ1v) is 13.8. The monoisotopic (exact) mass is 550 g/mol. The smallest absolute Gasteiger partial charge is 0.335 e. The number of hydrogen-bond donors (Lipinski definition) is 4. The van der Waals surface area contributed by atoms with Crippen LogP contribution in [0.4, 0.5) is 0 Å². The number of aliphatic hydroxyl groups is 3. The second-order valence-electron chi connectivity index (χ2n) is 11.6. The lowest BCUT2D eigenvalue weighted by Gasteiger charge is -2.39. The van der Waals surface area contributed by atoms with Gasteiger partial charge >= 0.3 is 5.97 Å². The van der Waals surface area contributed by atoms with Gasteiger partial charge in [-0.15, -0.1) is 0 Å². The fraction of sp³-hybridized carbons (Fsp3) is 0.455. The minimum Gasteiger partial charge on any atom is -0.479 e. The maximum Gasteiger partial charge on any atom is 0.335 e. The Morgan fingerprint density at radius 1 is 1.00 bits per heavy atom. The Morgan fingerprint density at radius 3 is 2.30 bits per heavy atom. The van der Waals surface area contributed by atoms with Crippen molar-refractivity contribution < 1.29 is 34.8 Å². The molecule has 1 aromatic carbocycles. The van der Waals surface area contributed by atoms with Crippen LogP contribution in [0.3, 0.4) is 0 Å². The van der Waals surface area contributed by atoms with E-state index in [1.54, 1.807) is 30.3 Å². The van der Waals surface area contributed by atoms with E-state index in [-0.39, 0.29) is 17.6 Å². The van der Waals surface area contributed by atoms with Gasteiger partial charge < -0.3 is 25.2 Å². The molecule has 0 spiro atoms. The van der Waals surface area contributed by atoms with Gasteiger partial charge in [-0.3, -0.25) is 4.79 Å². The molecule has 1 heterocycles. The van der Waals surface area contributed by atoms with Crippen LogP contribution >= 0.6 is 0 Å². The van der Waals surface area contributed by atoms with Crippen LogP contribution in [0, 0.1) is 5.41 Å². The molecule has 1 aromatic rings. The fourth-order valence-corrected chi connectivity index (χ4v) is 5.37. The molecule has 1 saturated heterocycles. The minimum absolute atomic E-state index is 0.0733. The quantitative estimate of drug-likeness (QED) is 0.254. The van der Waals surface area contributed by atoms with E-state index in [2.05, 4.69) is 39.8 Å². The van der Waals surface area contributed by atoms with Crippen LogP contribution in [0.5, 0.6) is 0 Å². The van der Waals surface area contributed by atoms with Crippen molar-refractivity contribution in [1.29, 1.82) is 0 Å². The summed E-state index contributed by atoms with van der Waals surface area (Å²) in [5, 5.41) is 39.4. The zero-order chi connectivity index (χ0) is 29.6. The molecule has 1 aliphatic carbocycles. The first-order chi connectivity index (χ1) is 18.8. The predicted molar refractivity (Wildman–Crippen MR) is 155 cm³/mol. The lowest BCUT2D eigenvalue weighted by molar-refractivity contribution is -0.229. The van der Waals surface area contributed by atoms with Crippen molar-refractivity contribution in [3.8, 4) is 0 Å². The zero-order valence-electron chi connectivity index (χ0n) is 24.0. The molecule has 3 rings (SSSR count). The number of allylic oxidation sites excluding steroid dienone is 10. The Kier molecular flexibility index (Phi) is 10.6. The van der Waals surface area contributed by atoms with Crippen LogP contribution in [0.25, 0.3) is 0 Å². The van der Waals surface area contributed by atoms with Gasteiger partial charge in [0, 0.05) is 6.42 Å². The summed E-state index contributed by atoms with van der Waals surface area (Å²) in [6.45, 7) is 10.8. The third-order valence-electron chi connectivity index (χ3n) is 7.71.